The third-order valence-corrected chi connectivity index (χ3v) is 6.55. The van der Waals surface area contributed by atoms with Crippen molar-refractivity contribution in [3.8, 4) is 0 Å². The van der Waals surface area contributed by atoms with Gasteiger partial charge in [-0.1, -0.05) is 30.3 Å². The lowest BCUT2D eigenvalue weighted by atomic mass is 10.1. The van der Waals surface area contributed by atoms with Crippen LogP contribution in [0.4, 0.5) is 0 Å². The first-order chi connectivity index (χ1) is 11.0. The minimum Gasteiger partial charge on any atom is -0.374 e. The second-order valence-corrected chi connectivity index (χ2v) is 8.94. The molecule has 2 atom stereocenters. The molecule has 0 aromatic heterocycles. The van der Waals surface area contributed by atoms with Crippen molar-refractivity contribution in [1.29, 1.82) is 0 Å². The number of likely N-dealkylation sites (N-methyl/N-ethyl adjacent to an activating group) is 1. The first kappa shape index (κ1) is 16.9. The van der Waals surface area contributed by atoms with Gasteiger partial charge in [0.25, 0.3) is 0 Å². The molecule has 1 aromatic rings. The lowest BCUT2D eigenvalue weighted by molar-refractivity contribution is -0.0464. The number of nitrogens with zero attached hydrogens (tertiary/aromatic N) is 2. The molecule has 0 bridgehead atoms. The molecule has 0 amide bonds. The fourth-order valence-corrected chi connectivity index (χ4v) is 5.27. The Morgan fingerprint density at radius 3 is 2.78 bits per heavy atom. The summed E-state index contributed by atoms with van der Waals surface area (Å²) in [6, 6.07) is 10.6. The summed E-state index contributed by atoms with van der Waals surface area (Å²) in [6.07, 6.45) is 0.903. The molecule has 0 saturated carbocycles. The van der Waals surface area contributed by atoms with Crippen LogP contribution in [0.5, 0.6) is 0 Å². The Labute approximate surface area is 139 Å². The largest absolute Gasteiger partial charge is 0.374 e. The van der Waals surface area contributed by atoms with E-state index in [9.17, 15) is 8.42 Å². The monoisotopic (exact) mass is 338 g/mol. The summed E-state index contributed by atoms with van der Waals surface area (Å²) in [7, 11) is -0.807. The maximum absolute atomic E-state index is 11.6. The van der Waals surface area contributed by atoms with Crippen LogP contribution in [-0.2, 0) is 21.1 Å². The van der Waals surface area contributed by atoms with Gasteiger partial charge < -0.3 is 4.74 Å². The second kappa shape index (κ2) is 7.30. The molecular weight excluding hydrogens is 312 g/mol. The standard InChI is InChI=1S/C17H26N2O3S/c1-18(16-7-10-23(20,21)14-16)12-17-13-19(8-9-22-17)11-15-5-3-2-4-6-15/h2-6,16-17H,7-14H2,1H3/t16-,17-/m1/s1. The van der Waals surface area contributed by atoms with Crippen molar-refractivity contribution in [3.63, 3.8) is 0 Å². The number of sulfone groups is 1. The highest BCUT2D eigenvalue weighted by Gasteiger charge is 2.32. The second-order valence-electron chi connectivity index (χ2n) is 6.71. The summed E-state index contributed by atoms with van der Waals surface area (Å²) in [6.45, 7) is 4.34. The van der Waals surface area contributed by atoms with Crippen LogP contribution >= 0.6 is 0 Å². The van der Waals surface area contributed by atoms with E-state index in [4.69, 9.17) is 4.74 Å². The molecule has 0 unspecified atom stereocenters. The average molecular weight is 338 g/mol. The van der Waals surface area contributed by atoms with E-state index in [0.29, 0.717) is 11.5 Å². The predicted molar refractivity (Wildman–Crippen MR) is 91.1 cm³/mol. The molecule has 23 heavy (non-hydrogen) atoms. The molecule has 2 heterocycles. The maximum Gasteiger partial charge on any atom is 0.151 e. The van der Waals surface area contributed by atoms with Crippen LogP contribution in [0, 0.1) is 0 Å². The van der Waals surface area contributed by atoms with E-state index in [1.165, 1.54) is 5.56 Å². The van der Waals surface area contributed by atoms with E-state index in [1.807, 2.05) is 13.1 Å². The predicted octanol–water partition coefficient (Wildman–Crippen LogP) is 1.01. The molecule has 0 N–H and O–H groups in total. The summed E-state index contributed by atoms with van der Waals surface area (Å²) in [4.78, 5) is 4.59. The maximum atomic E-state index is 11.6. The quantitative estimate of drug-likeness (QED) is 0.802. The Balaban J connectivity index is 1.50. The fraction of sp³-hybridized carbons (Fsp3) is 0.647. The molecule has 6 heteroatoms. The molecule has 0 aliphatic carbocycles. The zero-order valence-corrected chi connectivity index (χ0v) is 14.5. The smallest absolute Gasteiger partial charge is 0.151 e. The number of hydrogen-bond donors (Lipinski definition) is 0. The van der Waals surface area contributed by atoms with Gasteiger partial charge in [0.1, 0.15) is 0 Å². The Morgan fingerprint density at radius 2 is 2.09 bits per heavy atom. The number of hydrogen-bond acceptors (Lipinski definition) is 5. The number of morpholine rings is 1. The zero-order valence-electron chi connectivity index (χ0n) is 13.7. The van der Waals surface area contributed by atoms with Crippen LogP contribution in [0.25, 0.3) is 0 Å². The van der Waals surface area contributed by atoms with Gasteiger partial charge in [-0.25, -0.2) is 8.42 Å². The lowest BCUT2D eigenvalue weighted by Crippen LogP contribution is -2.48. The van der Waals surface area contributed by atoms with E-state index in [1.54, 1.807) is 0 Å². The van der Waals surface area contributed by atoms with Crippen LogP contribution in [0.1, 0.15) is 12.0 Å². The Bertz CT molecular complexity index is 606. The Kier molecular flexibility index (Phi) is 5.36. The van der Waals surface area contributed by atoms with Crippen LogP contribution in [0.2, 0.25) is 0 Å². The molecule has 2 aliphatic rings. The molecule has 2 aliphatic heterocycles. The summed E-state index contributed by atoms with van der Waals surface area (Å²) in [5, 5.41) is 0. The van der Waals surface area contributed by atoms with E-state index in [2.05, 4.69) is 34.1 Å². The van der Waals surface area contributed by atoms with Gasteiger partial charge >= 0.3 is 0 Å². The van der Waals surface area contributed by atoms with Crippen molar-refractivity contribution in [3.05, 3.63) is 35.9 Å². The van der Waals surface area contributed by atoms with Crippen molar-refractivity contribution < 1.29 is 13.2 Å². The lowest BCUT2D eigenvalue weighted by Gasteiger charge is -2.36. The first-order valence-corrected chi connectivity index (χ1v) is 10.1. The van der Waals surface area contributed by atoms with Gasteiger partial charge in [0.05, 0.1) is 24.2 Å². The zero-order chi connectivity index (χ0) is 16.3. The molecule has 2 saturated heterocycles. The highest BCUT2D eigenvalue weighted by molar-refractivity contribution is 7.91. The van der Waals surface area contributed by atoms with Crippen molar-refractivity contribution in [2.24, 2.45) is 0 Å². The third-order valence-electron chi connectivity index (χ3n) is 4.80. The summed E-state index contributed by atoms with van der Waals surface area (Å²) < 4.78 is 29.1. The normalized spacial score (nSPS) is 28.3. The summed E-state index contributed by atoms with van der Waals surface area (Å²) in [5.41, 5.74) is 1.32. The van der Waals surface area contributed by atoms with E-state index in [-0.39, 0.29) is 12.1 Å². The number of rotatable bonds is 5. The first-order valence-electron chi connectivity index (χ1n) is 8.30. The van der Waals surface area contributed by atoms with Gasteiger partial charge in [-0.3, -0.25) is 9.80 Å². The van der Waals surface area contributed by atoms with Gasteiger partial charge in [-0.05, 0) is 19.0 Å². The van der Waals surface area contributed by atoms with Crippen LogP contribution in [0.3, 0.4) is 0 Å². The molecule has 128 valence electrons. The topological polar surface area (TPSA) is 49.9 Å². The van der Waals surface area contributed by atoms with Gasteiger partial charge in [0.2, 0.25) is 0 Å². The van der Waals surface area contributed by atoms with Gasteiger partial charge in [-0.15, -0.1) is 0 Å². The molecule has 3 rings (SSSR count). The molecular formula is C17H26N2O3S. The Morgan fingerprint density at radius 1 is 1.30 bits per heavy atom. The highest BCUT2D eigenvalue weighted by Crippen LogP contribution is 2.18. The summed E-state index contributed by atoms with van der Waals surface area (Å²) >= 11 is 0. The van der Waals surface area contributed by atoms with Crippen molar-refractivity contribution in [1.82, 2.24) is 9.80 Å². The van der Waals surface area contributed by atoms with Gasteiger partial charge in [0.15, 0.2) is 9.84 Å². The number of benzene rings is 1. The fourth-order valence-electron chi connectivity index (χ4n) is 3.47. The average Bonchev–Trinajstić information content (AvgIpc) is 2.89. The SMILES string of the molecule is CN(C[C@@H]1CN(Cc2ccccc2)CCO1)[C@@H]1CCS(=O)(=O)C1. The molecule has 0 spiro atoms. The Hall–Kier alpha value is -0.950. The molecule has 5 nitrogen and oxygen atoms in total. The van der Waals surface area contributed by atoms with E-state index in [0.717, 1.165) is 39.2 Å². The minimum atomic E-state index is -2.83. The molecule has 0 radical (unpaired) electrons. The van der Waals surface area contributed by atoms with Crippen molar-refractivity contribution in [2.45, 2.75) is 25.1 Å². The third kappa shape index (κ3) is 4.76. The number of ether oxygens (including phenoxy) is 1. The van der Waals surface area contributed by atoms with E-state index < -0.39 is 9.84 Å². The van der Waals surface area contributed by atoms with Gasteiger partial charge in [-0.2, -0.15) is 0 Å². The molecule has 1 aromatic carbocycles. The van der Waals surface area contributed by atoms with Crippen molar-refractivity contribution >= 4 is 9.84 Å². The highest BCUT2D eigenvalue weighted by atomic mass is 32.2. The van der Waals surface area contributed by atoms with Gasteiger partial charge in [0, 0.05) is 32.2 Å². The minimum absolute atomic E-state index is 0.146. The summed E-state index contributed by atoms with van der Waals surface area (Å²) in [5.74, 6) is 0.623. The van der Waals surface area contributed by atoms with Crippen LogP contribution in [-0.4, -0.2) is 75.2 Å². The van der Waals surface area contributed by atoms with Crippen LogP contribution in [0.15, 0.2) is 30.3 Å². The van der Waals surface area contributed by atoms with Crippen LogP contribution < -0.4 is 0 Å². The van der Waals surface area contributed by atoms with Crippen molar-refractivity contribution in [2.75, 3.05) is 44.8 Å². The molecule has 2 fully saturated rings. The van der Waals surface area contributed by atoms with E-state index >= 15 is 0 Å².